The Labute approximate surface area is 212 Å². The average Bonchev–Trinajstić information content (AvgIpc) is 2.89. The highest BCUT2D eigenvalue weighted by Gasteiger charge is 2.40. The van der Waals surface area contributed by atoms with Gasteiger partial charge in [-0.25, -0.2) is 4.79 Å². The van der Waals surface area contributed by atoms with Crippen LogP contribution in [-0.2, 0) is 18.1 Å². The van der Waals surface area contributed by atoms with Gasteiger partial charge in [-0.1, -0.05) is 48.5 Å². The number of alkyl halides is 3. The average molecular weight is 501 g/mol. The van der Waals surface area contributed by atoms with Gasteiger partial charge < -0.3 is 10.6 Å². The number of aryl methyl sites for hydroxylation is 1. The van der Waals surface area contributed by atoms with Crippen LogP contribution in [0, 0.1) is 18.3 Å². The first-order valence-electron chi connectivity index (χ1n) is 11.4. The van der Waals surface area contributed by atoms with Gasteiger partial charge in [0.2, 0.25) is 0 Å². The number of pyridine rings is 1. The van der Waals surface area contributed by atoms with Crippen LogP contribution in [0.2, 0.25) is 0 Å². The quantitative estimate of drug-likeness (QED) is 0.314. The molecule has 0 bridgehead atoms. The summed E-state index contributed by atoms with van der Waals surface area (Å²) in [6.07, 6.45) is -2.81. The van der Waals surface area contributed by atoms with E-state index in [-0.39, 0.29) is 12.0 Å². The highest BCUT2D eigenvalue weighted by molar-refractivity contribution is 5.90. The third kappa shape index (κ3) is 5.96. The van der Waals surface area contributed by atoms with Gasteiger partial charge in [-0.2, -0.15) is 18.4 Å². The number of aromatic nitrogens is 1. The molecule has 1 atom stereocenters. The maximum atomic E-state index is 13.7. The first-order chi connectivity index (χ1) is 17.7. The minimum Gasteiger partial charge on any atom is -0.322 e. The zero-order valence-electron chi connectivity index (χ0n) is 19.9. The van der Waals surface area contributed by atoms with Crippen molar-refractivity contribution in [2.45, 2.75) is 25.1 Å². The van der Waals surface area contributed by atoms with Crippen LogP contribution in [0.5, 0.6) is 0 Å². The highest BCUT2D eigenvalue weighted by atomic mass is 19.4. The van der Waals surface area contributed by atoms with E-state index in [4.69, 9.17) is 5.26 Å². The van der Waals surface area contributed by atoms with Gasteiger partial charge in [0, 0.05) is 18.3 Å². The predicted molar refractivity (Wildman–Crippen MR) is 135 cm³/mol. The maximum Gasteiger partial charge on any atom is 0.416 e. The van der Waals surface area contributed by atoms with Crippen LogP contribution < -0.4 is 10.6 Å². The molecule has 2 amide bonds. The number of halogens is 3. The Bertz CT molecular complexity index is 1410. The molecule has 0 fully saturated rings. The molecule has 2 N–H and O–H groups in total. The van der Waals surface area contributed by atoms with Crippen LogP contribution >= 0.6 is 0 Å². The van der Waals surface area contributed by atoms with Gasteiger partial charge in [0.05, 0.1) is 22.9 Å². The van der Waals surface area contributed by atoms with Gasteiger partial charge >= 0.3 is 12.2 Å². The Morgan fingerprint density at radius 1 is 0.919 bits per heavy atom. The standard InChI is InChI=1S/C29H23F3N4O/c1-20-10-15-26(34-19-20)28(17-21-6-3-2-4-7-21,23-8-5-9-24(16-23)29(30,31)32)36-27(37)35-25-13-11-22(18-33)12-14-25/h2-16,19H,17H2,1H3,(H2,35,36,37). The lowest BCUT2D eigenvalue weighted by Crippen LogP contribution is -2.50. The Hall–Kier alpha value is -4.64. The number of carbonyl (C=O) groups excluding carboxylic acids is 1. The summed E-state index contributed by atoms with van der Waals surface area (Å²) in [6, 6.07) is 25.2. The Morgan fingerprint density at radius 2 is 1.62 bits per heavy atom. The number of benzene rings is 3. The summed E-state index contributed by atoms with van der Waals surface area (Å²) in [6.45, 7) is 1.85. The summed E-state index contributed by atoms with van der Waals surface area (Å²) in [5.74, 6) is 0. The van der Waals surface area contributed by atoms with E-state index in [0.29, 0.717) is 16.9 Å². The number of amides is 2. The van der Waals surface area contributed by atoms with Crippen molar-refractivity contribution in [1.29, 1.82) is 5.26 Å². The fourth-order valence-corrected chi connectivity index (χ4v) is 4.09. The monoisotopic (exact) mass is 500 g/mol. The Morgan fingerprint density at radius 3 is 2.24 bits per heavy atom. The Kier molecular flexibility index (Phi) is 7.25. The number of anilines is 1. The van der Waals surface area contributed by atoms with Crippen LogP contribution in [0.15, 0.2) is 97.2 Å². The first-order valence-corrected chi connectivity index (χ1v) is 11.4. The van der Waals surface area contributed by atoms with E-state index < -0.39 is 23.3 Å². The minimum atomic E-state index is -4.57. The molecule has 0 radical (unpaired) electrons. The van der Waals surface area contributed by atoms with E-state index in [1.165, 1.54) is 6.07 Å². The van der Waals surface area contributed by atoms with Crippen molar-refractivity contribution in [3.8, 4) is 6.07 Å². The lowest BCUT2D eigenvalue weighted by atomic mass is 9.80. The Balaban J connectivity index is 1.85. The second kappa shape index (κ2) is 10.5. The van der Waals surface area contributed by atoms with Crippen molar-refractivity contribution in [2.75, 3.05) is 5.32 Å². The predicted octanol–water partition coefficient (Wildman–Crippen LogP) is 6.59. The molecule has 0 saturated heterocycles. The highest BCUT2D eigenvalue weighted by Crippen LogP contribution is 2.37. The summed E-state index contributed by atoms with van der Waals surface area (Å²) in [5.41, 5.74) is 0.859. The molecular formula is C29H23F3N4O. The van der Waals surface area contributed by atoms with Crippen molar-refractivity contribution < 1.29 is 18.0 Å². The van der Waals surface area contributed by atoms with Gasteiger partial charge in [0.1, 0.15) is 5.54 Å². The summed E-state index contributed by atoms with van der Waals surface area (Å²) < 4.78 is 41.1. The van der Waals surface area contributed by atoms with Crippen LogP contribution in [0.3, 0.4) is 0 Å². The number of hydrogen-bond acceptors (Lipinski definition) is 3. The third-order valence-corrected chi connectivity index (χ3v) is 5.94. The number of urea groups is 1. The van der Waals surface area contributed by atoms with Gasteiger partial charge in [0.15, 0.2) is 0 Å². The summed E-state index contributed by atoms with van der Waals surface area (Å²) in [4.78, 5) is 17.9. The van der Waals surface area contributed by atoms with Gasteiger partial charge in [0.25, 0.3) is 0 Å². The summed E-state index contributed by atoms with van der Waals surface area (Å²) >= 11 is 0. The summed E-state index contributed by atoms with van der Waals surface area (Å²) in [5, 5.41) is 14.7. The fourth-order valence-electron chi connectivity index (χ4n) is 4.09. The van der Waals surface area contributed by atoms with E-state index in [1.54, 1.807) is 48.7 Å². The van der Waals surface area contributed by atoms with E-state index in [2.05, 4.69) is 15.6 Å². The molecule has 0 saturated carbocycles. The molecule has 1 aromatic heterocycles. The van der Waals surface area contributed by atoms with Crippen LogP contribution in [0.1, 0.15) is 33.5 Å². The third-order valence-electron chi connectivity index (χ3n) is 5.94. The number of carbonyl (C=O) groups is 1. The number of rotatable bonds is 6. The number of nitrogens with zero attached hydrogens (tertiary/aromatic N) is 2. The van der Waals surface area contributed by atoms with Gasteiger partial charge in [-0.3, -0.25) is 4.98 Å². The molecule has 186 valence electrons. The van der Waals surface area contributed by atoms with E-state index in [1.807, 2.05) is 43.3 Å². The molecule has 4 aromatic rings. The smallest absolute Gasteiger partial charge is 0.322 e. The zero-order valence-corrected chi connectivity index (χ0v) is 19.9. The molecule has 1 unspecified atom stereocenters. The lowest BCUT2D eigenvalue weighted by molar-refractivity contribution is -0.137. The van der Waals surface area contributed by atoms with E-state index >= 15 is 0 Å². The van der Waals surface area contributed by atoms with Crippen molar-refractivity contribution in [3.63, 3.8) is 0 Å². The van der Waals surface area contributed by atoms with Gasteiger partial charge in [-0.15, -0.1) is 0 Å². The number of hydrogen-bond donors (Lipinski definition) is 2. The van der Waals surface area contributed by atoms with Crippen molar-refractivity contribution in [3.05, 3.63) is 131 Å². The molecule has 1 heterocycles. The van der Waals surface area contributed by atoms with E-state index in [9.17, 15) is 18.0 Å². The van der Waals surface area contributed by atoms with Crippen molar-refractivity contribution >= 4 is 11.7 Å². The molecule has 5 nitrogen and oxygen atoms in total. The van der Waals surface area contributed by atoms with Crippen LogP contribution in [0.4, 0.5) is 23.7 Å². The number of nitriles is 1. The molecule has 0 aliphatic heterocycles. The van der Waals surface area contributed by atoms with Crippen molar-refractivity contribution in [1.82, 2.24) is 10.3 Å². The van der Waals surface area contributed by atoms with Crippen LogP contribution in [0.25, 0.3) is 0 Å². The molecule has 3 aromatic carbocycles. The van der Waals surface area contributed by atoms with E-state index in [0.717, 1.165) is 23.3 Å². The molecule has 0 spiro atoms. The second-order valence-corrected chi connectivity index (χ2v) is 8.64. The molecule has 0 aliphatic rings. The van der Waals surface area contributed by atoms with Crippen molar-refractivity contribution in [2.24, 2.45) is 0 Å². The fraction of sp³-hybridized carbons (Fsp3) is 0.138. The SMILES string of the molecule is Cc1ccc(C(Cc2ccccc2)(NC(=O)Nc2ccc(C#N)cc2)c2cccc(C(F)(F)F)c2)nc1. The largest absolute Gasteiger partial charge is 0.416 e. The van der Waals surface area contributed by atoms with Gasteiger partial charge in [-0.05, 0) is 66.1 Å². The first kappa shape index (κ1) is 25.5. The molecule has 37 heavy (non-hydrogen) atoms. The topological polar surface area (TPSA) is 77.8 Å². The molecule has 0 aliphatic carbocycles. The maximum absolute atomic E-state index is 13.7. The molecule has 8 heteroatoms. The second-order valence-electron chi connectivity index (χ2n) is 8.64. The minimum absolute atomic E-state index is 0.145. The van der Waals surface area contributed by atoms with Crippen LogP contribution in [-0.4, -0.2) is 11.0 Å². The molecular weight excluding hydrogens is 477 g/mol. The number of nitrogens with one attached hydrogen (secondary N) is 2. The lowest BCUT2D eigenvalue weighted by Gasteiger charge is -2.36. The summed E-state index contributed by atoms with van der Waals surface area (Å²) in [7, 11) is 0. The normalized spacial score (nSPS) is 12.7. The zero-order chi connectivity index (χ0) is 26.5. The molecule has 4 rings (SSSR count).